The topological polar surface area (TPSA) is 46.6 Å². The highest BCUT2D eigenvalue weighted by Gasteiger charge is 2.28. The van der Waals surface area contributed by atoms with E-state index in [9.17, 15) is 9.59 Å². The summed E-state index contributed by atoms with van der Waals surface area (Å²) >= 11 is 1.50. The van der Waals surface area contributed by atoms with E-state index in [4.69, 9.17) is 4.74 Å². The highest BCUT2D eigenvalue weighted by Crippen LogP contribution is 2.33. The van der Waals surface area contributed by atoms with Crippen LogP contribution in [0.5, 0.6) is 0 Å². The molecule has 1 aliphatic rings. The molecule has 0 saturated carbocycles. The predicted octanol–water partition coefficient (Wildman–Crippen LogP) is 3.86. The highest BCUT2D eigenvalue weighted by molar-refractivity contribution is 7.14. The van der Waals surface area contributed by atoms with Crippen LogP contribution in [0.2, 0.25) is 0 Å². The molecule has 25 heavy (non-hydrogen) atoms. The van der Waals surface area contributed by atoms with Crippen LogP contribution in [-0.4, -0.2) is 30.9 Å². The summed E-state index contributed by atoms with van der Waals surface area (Å²) in [5.41, 5.74) is 1.94. The van der Waals surface area contributed by atoms with Crippen LogP contribution in [0.15, 0.2) is 36.4 Å². The molecule has 3 rings (SSSR count). The van der Waals surface area contributed by atoms with Crippen molar-refractivity contribution < 1.29 is 14.3 Å². The van der Waals surface area contributed by atoms with Gasteiger partial charge >= 0.3 is 5.97 Å². The third-order valence-electron chi connectivity index (χ3n) is 4.52. The molecule has 132 valence electrons. The monoisotopic (exact) mass is 357 g/mol. The van der Waals surface area contributed by atoms with Crippen molar-refractivity contribution >= 4 is 23.2 Å². The van der Waals surface area contributed by atoms with Crippen LogP contribution >= 0.6 is 11.3 Å². The van der Waals surface area contributed by atoms with E-state index in [0.29, 0.717) is 16.4 Å². The third kappa shape index (κ3) is 3.93. The lowest BCUT2D eigenvalue weighted by Gasteiger charge is -2.20. The van der Waals surface area contributed by atoms with Crippen molar-refractivity contribution in [2.45, 2.75) is 32.3 Å². The zero-order valence-electron chi connectivity index (χ0n) is 14.8. The Bertz CT molecular complexity index is 767. The Hall–Kier alpha value is -2.14. The molecule has 1 aliphatic carbocycles. The average Bonchev–Trinajstić information content (AvgIpc) is 3.02. The van der Waals surface area contributed by atoms with Gasteiger partial charge in [-0.1, -0.05) is 37.3 Å². The lowest BCUT2D eigenvalue weighted by molar-refractivity contribution is -0.138. The molecular formula is C20H23NO3S. The number of likely N-dealkylation sites (N-methyl/N-ethyl adjacent to an activating group) is 1. The summed E-state index contributed by atoms with van der Waals surface area (Å²) in [5, 5.41) is 0. The molecule has 1 aromatic carbocycles. The van der Waals surface area contributed by atoms with Crippen molar-refractivity contribution in [1.29, 1.82) is 0 Å². The van der Waals surface area contributed by atoms with Gasteiger partial charge in [-0.3, -0.25) is 4.79 Å². The van der Waals surface area contributed by atoms with Crippen molar-refractivity contribution in [2.75, 3.05) is 14.1 Å². The van der Waals surface area contributed by atoms with Gasteiger partial charge in [-0.15, -0.1) is 11.3 Å². The number of hydrogen-bond donors (Lipinski definition) is 0. The fourth-order valence-electron chi connectivity index (χ4n) is 3.09. The largest absolute Gasteiger partial charge is 0.443 e. The van der Waals surface area contributed by atoms with E-state index in [1.807, 2.05) is 24.3 Å². The number of hydrogen-bond acceptors (Lipinski definition) is 4. The number of esters is 1. The van der Waals surface area contributed by atoms with E-state index in [2.05, 4.69) is 6.92 Å². The summed E-state index contributed by atoms with van der Waals surface area (Å²) in [6.45, 7) is 2.24. The molecule has 5 heteroatoms. The van der Waals surface area contributed by atoms with Gasteiger partial charge in [0.25, 0.3) is 5.91 Å². The first-order valence-electron chi connectivity index (χ1n) is 8.54. The summed E-state index contributed by atoms with van der Waals surface area (Å²) in [6, 6.07) is 11.1. The zero-order chi connectivity index (χ0) is 18.0. The summed E-state index contributed by atoms with van der Waals surface area (Å²) in [5.74, 6) is -0.0102. The first kappa shape index (κ1) is 17.7. The van der Waals surface area contributed by atoms with Gasteiger partial charge in [-0.05, 0) is 36.8 Å². The second-order valence-corrected chi connectivity index (χ2v) is 7.97. The van der Waals surface area contributed by atoms with Crippen molar-refractivity contribution in [1.82, 2.24) is 4.90 Å². The molecule has 1 amide bonds. The predicted molar refractivity (Wildman–Crippen MR) is 98.8 cm³/mol. The van der Waals surface area contributed by atoms with Gasteiger partial charge in [-0.2, -0.15) is 0 Å². The van der Waals surface area contributed by atoms with Crippen molar-refractivity contribution in [2.24, 2.45) is 5.92 Å². The average molecular weight is 357 g/mol. The Morgan fingerprint density at radius 1 is 1.24 bits per heavy atom. The molecule has 0 spiro atoms. The third-order valence-corrected chi connectivity index (χ3v) is 5.74. The Kier molecular flexibility index (Phi) is 5.23. The number of carbonyl (C=O) groups excluding carboxylic acids is 2. The van der Waals surface area contributed by atoms with Gasteiger partial charge in [0.2, 0.25) is 6.10 Å². The maximum Gasteiger partial charge on any atom is 0.349 e. The smallest absolute Gasteiger partial charge is 0.349 e. The molecule has 2 atom stereocenters. The van der Waals surface area contributed by atoms with Crippen LogP contribution in [0, 0.1) is 5.92 Å². The van der Waals surface area contributed by atoms with Gasteiger partial charge < -0.3 is 9.64 Å². The molecule has 0 unspecified atom stereocenters. The van der Waals surface area contributed by atoms with E-state index in [0.717, 1.165) is 19.3 Å². The highest BCUT2D eigenvalue weighted by atomic mass is 32.1. The maximum absolute atomic E-state index is 12.7. The molecule has 2 aromatic rings. The number of carbonyl (C=O) groups is 2. The minimum atomic E-state index is -0.915. The Balaban J connectivity index is 1.82. The van der Waals surface area contributed by atoms with E-state index in [1.165, 1.54) is 26.7 Å². The van der Waals surface area contributed by atoms with E-state index in [-0.39, 0.29) is 5.91 Å². The fraction of sp³-hybridized carbons (Fsp3) is 0.400. The van der Waals surface area contributed by atoms with Gasteiger partial charge in [0.15, 0.2) is 0 Å². The minimum absolute atomic E-state index is 0.241. The molecule has 4 nitrogen and oxygen atoms in total. The summed E-state index contributed by atoms with van der Waals surface area (Å²) < 4.78 is 5.63. The van der Waals surface area contributed by atoms with E-state index < -0.39 is 12.1 Å². The number of rotatable bonds is 4. The van der Waals surface area contributed by atoms with Gasteiger partial charge in [0.05, 0.1) is 0 Å². The zero-order valence-corrected chi connectivity index (χ0v) is 15.6. The van der Waals surface area contributed by atoms with Crippen LogP contribution in [0.3, 0.4) is 0 Å². The molecule has 0 aliphatic heterocycles. The van der Waals surface area contributed by atoms with Gasteiger partial charge in [0.1, 0.15) is 4.88 Å². The van der Waals surface area contributed by atoms with Crippen molar-refractivity contribution in [3.05, 3.63) is 57.3 Å². The number of fused-ring (bicyclic) bond motifs is 1. The number of aryl methyl sites for hydroxylation is 1. The van der Waals surface area contributed by atoms with Crippen LogP contribution in [0.25, 0.3) is 0 Å². The lowest BCUT2D eigenvalue weighted by Crippen LogP contribution is -2.31. The number of thiophene rings is 1. The van der Waals surface area contributed by atoms with E-state index >= 15 is 0 Å². The molecule has 0 saturated heterocycles. The standard InChI is InChI=1S/C20H23NO3S/c1-13-9-10-16-15(11-13)12-17(25-16)20(23)24-18(19(22)21(2)3)14-7-5-4-6-8-14/h4-8,12-13,18H,9-11H2,1-3H3/t13-,18+/m0/s1. The number of benzene rings is 1. The molecule has 0 N–H and O–H groups in total. The first-order valence-corrected chi connectivity index (χ1v) is 9.36. The maximum atomic E-state index is 12.7. The molecule has 1 aromatic heterocycles. The van der Waals surface area contributed by atoms with Crippen molar-refractivity contribution in [3.63, 3.8) is 0 Å². The lowest BCUT2D eigenvalue weighted by atomic mass is 9.90. The van der Waals surface area contributed by atoms with Crippen LogP contribution in [0.4, 0.5) is 0 Å². The second-order valence-electron chi connectivity index (χ2n) is 6.84. The summed E-state index contributed by atoms with van der Waals surface area (Å²) in [6.07, 6.45) is 2.28. The minimum Gasteiger partial charge on any atom is -0.443 e. The number of ether oxygens (including phenoxy) is 1. The van der Waals surface area contributed by atoms with Gasteiger partial charge in [-0.25, -0.2) is 4.79 Å². The molecule has 0 bridgehead atoms. The number of nitrogens with zero attached hydrogens (tertiary/aromatic N) is 1. The summed E-state index contributed by atoms with van der Waals surface area (Å²) in [4.78, 5) is 28.5. The van der Waals surface area contributed by atoms with Crippen LogP contribution < -0.4 is 0 Å². The first-order chi connectivity index (χ1) is 12.0. The summed E-state index contributed by atoms with van der Waals surface area (Å²) in [7, 11) is 3.33. The van der Waals surface area contributed by atoms with Gasteiger partial charge in [0, 0.05) is 24.5 Å². The van der Waals surface area contributed by atoms with E-state index in [1.54, 1.807) is 26.2 Å². The normalized spacial score (nSPS) is 17.5. The molecular weight excluding hydrogens is 334 g/mol. The molecule has 1 heterocycles. The second kappa shape index (κ2) is 7.40. The Labute approximate surface area is 152 Å². The number of amides is 1. The molecule has 0 radical (unpaired) electrons. The fourth-order valence-corrected chi connectivity index (χ4v) is 4.19. The van der Waals surface area contributed by atoms with Crippen LogP contribution in [0.1, 0.15) is 45.1 Å². The Morgan fingerprint density at radius 2 is 1.96 bits per heavy atom. The van der Waals surface area contributed by atoms with Crippen LogP contribution in [-0.2, 0) is 22.4 Å². The Morgan fingerprint density at radius 3 is 2.64 bits per heavy atom. The van der Waals surface area contributed by atoms with Crippen molar-refractivity contribution in [3.8, 4) is 0 Å². The SMILES string of the molecule is C[C@H]1CCc2sc(C(=O)O[C@@H](C(=O)N(C)C)c3ccccc3)cc2C1. The molecule has 0 fully saturated rings. The quantitative estimate of drug-likeness (QED) is 0.781.